The molecule has 3 rings (SSSR count). The molecule has 2 aromatic heterocycles. The van der Waals surface area contributed by atoms with Gasteiger partial charge in [0.1, 0.15) is 5.69 Å². The number of halogens is 3. The summed E-state index contributed by atoms with van der Waals surface area (Å²) in [5.41, 5.74) is -0.318. The van der Waals surface area contributed by atoms with E-state index in [1.807, 2.05) is 6.92 Å². The Balaban J connectivity index is 1.81. The predicted octanol–water partition coefficient (Wildman–Crippen LogP) is 2.59. The SMILES string of the molecule is CCc1cc(C(=O)NC2CC2)nn1Oc1ccnc(C(F)(F)F)c1. The topological polar surface area (TPSA) is 69.0 Å². The molecule has 0 spiro atoms. The zero-order valence-corrected chi connectivity index (χ0v) is 12.8. The van der Waals surface area contributed by atoms with E-state index < -0.39 is 11.9 Å². The number of rotatable bonds is 5. The van der Waals surface area contributed by atoms with Gasteiger partial charge in [-0.05, 0) is 25.3 Å². The fourth-order valence-electron chi connectivity index (χ4n) is 2.04. The number of amides is 1. The van der Waals surface area contributed by atoms with Crippen LogP contribution in [0.25, 0.3) is 0 Å². The first-order valence-electron chi connectivity index (χ1n) is 7.48. The number of aryl methyl sites for hydroxylation is 1. The smallest absolute Gasteiger partial charge is 0.358 e. The molecule has 0 atom stereocenters. The molecule has 9 heteroatoms. The van der Waals surface area contributed by atoms with Gasteiger partial charge in [0.2, 0.25) is 0 Å². The number of carbonyl (C=O) groups excluding carboxylic acids is 1. The Kier molecular flexibility index (Phi) is 4.16. The molecule has 1 N–H and O–H groups in total. The normalized spacial score (nSPS) is 14.5. The van der Waals surface area contributed by atoms with Crippen LogP contribution in [0.15, 0.2) is 24.4 Å². The Labute approximate surface area is 135 Å². The minimum atomic E-state index is -4.56. The van der Waals surface area contributed by atoms with E-state index in [2.05, 4.69) is 15.4 Å². The largest absolute Gasteiger partial charge is 0.433 e. The first kappa shape index (κ1) is 16.3. The van der Waals surface area contributed by atoms with Crippen LogP contribution in [0.3, 0.4) is 0 Å². The molecule has 0 aromatic carbocycles. The van der Waals surface area contributed by atoms with Crippen molar-refractivity contribution in [3.05, 3.63) is 41.5 Å². The zero-order valence-electron chi connectivity index (χ0n) is 12.8. The maximum absolute atomic E-state index is 12.7. The minimum Gasteiger partial charge on any atom is -0.358 e. The van der Waals surface area contributed by atoms with Gasteiger partial charge in [-0.15, -0.1) is 5.10 Å². The van der Waals surface area contributed by atoms with E-state index >= 15 is 0 Å². The van der Waals surface area contributed by atoms with E-state index in [9.17, 15) is 18.0 Å². The van der Waals surface area contributed by atoms with Crippen LogP contribution in [-0.2, 0) is 12.6 Å². The minimum absolute atomic E-state index is 0.0655. The van der Waals surface area contributed by atoms with E-state index in [0.29, 0.717) is 12.1 Å². The highest BCUT2D eigenvalue weighted by Gasteiger charge is 2.33. The first-order valence-corrected chi connectivity index (χ1v) is 7.48. The molecule has 0 unspecified atom stereocenters. The molecule has 0 radical (unpaired) electrons. The summed E-state index contributed by atoms with van der Waals surface area (Å²) in [6.07, 6.45) is -1.16. The molecule has 0 saturated heterocycles. The molecule has 1 aliphatic carbocycles. The summed E-state index contributed by atoms with van der Waals surface area (Å²) in [4.78, 5) is 21.7. The lowest BCUT2D eigenvalue weighted by atomic mass is 10.3. The van der Waals surface area contributed by atoms with Crippen LogP contribution in [0.4, 0.5) is 13.2 Å². The van der Waals surface area contributed by atoms with Crippen LogP contribution < -0.4 is 10.2 Å². The van der Waals surface area contributed by atoms with Crippen LogP contribution >= 0.6 is 0 Å². The third-order valence-corrected chi connectivity index (χ3v) is 3.47. The van der Waals surface area contributed by atoms with Gasteiger partial charge in [0.25, 0.3) is 5.91 Å². The highest BCUT2D eigenvalue weighted by atomic mass is 19.4. The number of hydrogen-bond donors (Lipinski definition) is 1. The molecular weight excluding hydrogens is 325 g/mol. The van der Waals surface area contributed by atoms with Crippen molar-refractivity contribution < 1.29 is 22.8 Å². The van der Waals surface area contributed by atoms with Gasteiger partial charge in [-0.3, -0.25) is 9.78 Å². The fraction of sp³-hybridized carbons (Fsp3) is 0.400. The zero-order chi connectivity index (χ0) is 17.3. The molecule has 0 aliphatic heterocycles. The van der Waals surface area contributed by atoms with E-state index in [0.717, 1.165) is 29.9 Å². The van der Waals surface area contributed by atoms with Crippen molar-refractivity contribution in [2.75, 3.05) is 0 Å². The van der Waals surface area contributed by atoms with Crippen molar-refractivity contribution >= 4 is 5.91 Å². The Bertz CT molecular complexity index is 753. The lowest BCUT2D eigenvalue weighted by molar-refractivity contribution is -0.141. The molecule has 2 aromatic rings. The first-order chi connectivity index (χ1) is 11.4. The average Bonchev–Trinajstić information content (AvgIpc) is 3.24. The number of carbonyl (C=O) groups is 1. The molecule has 1 fully saturated rings. The predicted molar refractivity (Wildman–Crippen MR) is 77.4 cm³/mol. The van der Waals surface area contributed by atoms with E-state index in [1.165, 1.54) is 6.07 Å². The van der Waals surface area contributed by atoms with Gasteiger partial charge < -0.3 is 10.2 Å². The lowest BCUT2D eigenvalue weighted by Gasteiger charge is -2.10. The van der Waals surface area contributed by atoms with Crippen molar-refractivity contribution in [2.24, 2.45) is 0 Å². The number of alkyl halides is 3. The van der Waals surface area contributed by atoms with Crippen molar-refractivity contribution in [1.82, 2.24) is 20.2 Å². The molecular formula is C15H15F3N4O2. The maximum atomic E-state index is 12.7. The molecule has 1 aliphatic rings. The summed E-state index contributed by atoms with van der Waals surface area (Å²) in [5.74, 6) is -0.385. The Morgan fingerprint density at radius 3 is 2.79 bits per heavy atom. The van der Waals surface area contributed by atoms with E-state index in [1.54, 1.807) is 6.07 Å². The monoisotopic (exact) mass is 340 g/mol. The average molecular weight is 340 g/mol. The number of nitrogens with one attached hydrogen (secondary N) is 1. The summed E-state index contributed by atoms with van der Waals surface area (Å²) in [5, 5.41) is 6.83. The third-order valence-electron chi connectivity index (χ3n) is 3.47. The van der Waals surface area contributed by atoms with Crippen molar-refractivity contribution in [3.63, 3.8) is 0 Å². The standard InChI is InChI=1S/C15H15F3N4O2/c1-2-10-7-12(14(23)20-9-3-4-9)21-22(10)24-11-5-6-19-13(8-11)15(16,17)18/h5-9H,2-4H2,1H3,(H,20,23). The van der Waals surface area contributed by atoms with E-state index in [4.69, 9.17) is 4.84 Å². The second-order valence-corrected chi connectivity index (χ2v) is 5.46. The van der Waals surface area contributed by atoms with Gasteiger partial charge in [0.05, 0.1) is 5.69 Å². The Morgan fingerprint density at radius 2 is 2.17 bits per heavy atom. The van der Waals surface area contributed by atoms with Crippen LogP contribution in [0.5, 0.6) is 5.75 Å². The second-order valence-electron chi connectivity index (χ2n) is 5.46. The van der Waals surface area contributed by atoms with Gasteiger partial charge >= 0.3 is 6.18 Å². The molecule has 128 valence electrons. The summed E-state index contributed by atoms with van der Waals surface area (Å²) in [6, 6.07) is 3.82. The van der Waals surface area contributed by atoms with Crippen LogP contribution in [0.1, 0.15) is 41.6 Å². The second kappa shape index (κ2) is 6.14. The van der Waals surface area contributed by atoms with Gasteiger partial charge in [-0.25, -0.2) is 0 Å². The number of aromatic nitrogens is 3. The molecule has 1 amide bonds. The summed E-state index contributed by atoms with van der Waals surface area (Å²) in [7, 11) is 0. The summed E-state index contributed by atoms with van der Waals surface area (Å²) in [6.45, 7) is 1.83. The quantitative estimate of drug-likeness (QED) is 0.908. The molecule has 6 nitrogen and oxygen atoms in total. The molecule has 1 saturated carbocycles. The summed E-state index contributed by atoms with van der Waals surface area (Å²) >= 11 is 0. The Morgan fingerprint density at radius 1 is 1.42 bits per heavy atom. The highest BCUT2D eigenvalue weighted by molar-refractivity contribution is 5.92. The molecule has 0 bridgehead atoms. The van der Waals surface area contributed by atoms with Gasteiger partial charge in [-0.1, -0.05) is 11.8 Å². The van der Waals surface area contributed by atoms with Crippen LogP contribution in [0.2, 0.25) is 0 Å². The number of hydrogen-bond acceptors (Lipinski definition) is 4. The third kappa shape index (κ3) is 3.66. The van der Waals surface area contributed by atoms with Crippen molar-refractivity contribution in [1.29, 1.82) is 0 Å². The van der Waals surface area contributed by atoms with Crippen LogP contribution in [-0.4, -0.2) is 26.9 Å². The van der Waals surface area contributed by atoms with Gasteiger partial charge in [0, 0.05) is 24.4 Å². The Hall–Kier alpha value is -2.58. The number of nitrogens with zero attached hydrogens (tertiary/aromatic N) is 3. The van der Waals surface area contributed by atoms with Gasteiger partial charge in [0.15, 0.2) is 11.4 Å². The van der Waals surface area contributed by atoms with Crippen LogP contribution in [0, 0.1) is 0 Å². The fourth-order valence-corrected chi connectivity index (χ4v) is 2.04. The van der Waals surface area contributed by atoms with Gasteiger partial charge in [-0.2, -0.15) is 13.2 Å². The molecule has 2 heterocycles. The maximum Gasteiger partial charge on any atom is 0.433 e. The molecule has 24 heavy (non-hydrogen) atoms. The van der Waals surface area contributed by atoms with E-state index in [-0.39, 0.29) is 23.4 Å². The van der Waals surface area contributed by atoms with Crippen molar-refractivity contribution in [3.8, 4) is 5.75 Å². The highest BCUT2D eigenvalue weighted by Crippen LogP contribution is 2.29. The number of pyridine rings is 1. The summed E-state index contributed by atoms with van der Waals surface area (Å²) < 4.78 is 38.1. The lowest BCUT2D eigenvalue weighted by Crippen LogP contribution is -2.26. The van der Waals surface area contributed by atoms with Crippen molar-refractivity contribution in [2.45, 2.75) is 38.4 Å².